The standard InChI is InChI=1S/C20H24N6O2S2/c1-5-26-17(14(4)22-18(28)15-8-6-12(2)7-9-15)24-25-20(26)29-11-16(27)23-19-21-10-13(3)30-19/h6-10,14H,5,11H2,1-4H3,(H,22,28)(H,21,23,27)/t14-/m1/s1. The van der Waals surface area contributed by atoms with Crippen LogP contribution in [0.25, 0.3) is 0 Å². The average molecular weight is 445 g/mol. The maximum absolute atomic E-state index is 12.5. The van der Waals surface area contributed by atoms with E-state index in [0.717, 1.165) is 10.4 Å². The number of carbonyl (C=O) groups excluding carboxylic acids is 2. The Kier molecular flexibility index (Phi) is 7.22. The molecular weight excluding hydrogens is 420 g/mol. The summed E-state index contributed by atoms with van der Waals surface area (Å²) in [5.41, 5.74) is 1.69. The third-order valence-corrected chi connectivity index (χ3v) is 6.11. The maximum atomic E-state index is 12.5. The monoisotopic (exact) mass is 444 g/mol. The molecule has 3 aromatic rings. The molecule has 1 aromatic carbocycles. The van der Waals surface area contributed by atoms with Crippen molar-refractivity contribution in [2.75, 3.05) is 11.1 Å². The summed E-state index contributed by atoms with van der Waals surface area (Å²) in [7, 11) is 0. The fraction of sp³-hybridized carbons (Fsp3) is 0.350. The summed E-state index contributed by atoms with van der Waals surface area (Å²) in [6.45, 7) is 8.39. The SMILES string of the molecule is CCn1c(SCC(=O)Nc2ncc(C)s2)nnc1[C@@H](C)NC(=O)c1ccc(C)cc1. The van der Waals surface area contributed by atoms with Crippen LogP contribution in [0.1, 0.15) is 46.5 Å². The zero-order chi connectivity index (χ0) is 21.7. The van der Waals surface area contributed by atoms with Crippen LogP contribution < -0.4 is 10.6 Å². The summed E-state index contributed by atoms with van der Waals surface area (Å²) >= 11 is 2.73. The molecular formula is C20H24N6O2S2. The second-order valence-corrected chi connectivity index (χ2v) is 8.94. The number of hydrogen-bond donors (Lipinski definition) is 2. The summed E-state index contributed by atoms with van der Waals surface area (Å²) in [5.74, 6) is 0.528. The van der Waals surface area contributed by atoms with E-state index in [9.17, 15) is 9.59 Å². The van der Waals surface area contributed by atoms with Crippen LogP contribution in [-0.2, 0) is 11.3 Å². The predicted molar refractivity (Wildman–Crippen MR) is 119 cm³/mol. The second-order valence-electron chi connectivity index (χ2n) is 6.76. The van der Waals surface area contributed by atoms with E-state index in [-0.39, 0.29) is 23.6 Å². The Labute approximate surface area is 183 Å². The molecule has 158 valence electrons. The number of benzene rings is 1. The van der Waals surface area contributed by atoms with Gasteiger partial charge in [0, 0.05) is 23.2 Å². The minimum Gasteiger partial charge on any atom is -0.342 e. The Balaban J connectivity index is 1.61. The van der Waals surface area contributed by atoms with Gasteiger partial charge in [-0.3, -0.25) is 9.59 Å². The highest BCUT2D eigenvalue weighted by Crippen LogP contribution is 2.22. The third-order valence-electron chi connectivity index (χ3n) is 4.31. The number of thiazole rings is 1. The Morgan fingerprint density at radius 2 is 1.93 bits per heavy atom. The molecule has 2 heterocycles. The topological polar surface area (TPSA) is 102 Å². The first-order valence-corrected chi connectivity index (χ1v) is 11.3. The summed E-state index contributed by atoms with van der Waals surface area (Å²) in [6, 6.07) is 7.08. The highest BCUT2D eigenvalue weighted by molar-refractivity contribution is 7.99. The van der Waals surface area contributed by atoms with Crippen LogP contribution in [0.2, 0.25) is 0 Å². The van der Waals surface area contributed by atoms with Crippen LogP contribution in [0, 0.1) is 13.8 Å². The molecule has 0 saturated carbocycles. The van der Waals surface area contributed by atoms with Gasteiger partial charge in [0.05, 0.1) is 11.8 Å². The number of amides is 2. The van der Waals surface area contributed by atoms with E-state index in [1.54, 1.807) is 18.3 Å². The van der Waals surface area contributed by atoms with Gasteiger partial charge in [-0.15, -0.1) is 21.5 Å². The van der Waals surface area contributed by atoms with E-state index in [2.05, 4.69) is 25.8 Å². The normalized spacial score (nSPS) is 11.9. The lowest BCUT2D eigenvalue weighted by atomic mass is 10.1. The molecule has 0 spiro atoms. The minimum absolute atomic E-state index is 0.151. The lowest BCUT2D eigenvalue weighted by Crippen LogP contribution is -2.28. The number of anilines is 1. The molecule has 8 nitrogen and oxygen atoms in total. The van der Waals surface area contributed by atoms with Gasteiger partial charge in [-0.05, 0) is 39.8 Å². The predicted octanol–water partition coefficient (Wildman–Crippen LogP) is 3.59. The molecule has 10 heteroatoms. The van der Waals surface area contributed by atoms with Gasteiger partial charge in [0.2, 0.25) is 5.91 Å². The lowest BCUT2D eigenvalue weighted by molar-refractivity contribution is -0.113. The molecule has 0 radical (unpaired) electrons. The molecule has 2 amide bonds. The molecule has 0 aliphatic rings. The number of hydrogen-bond acceptors (Lipinski definition) is 7. The molecule has 1 atom stereocenters. The van der Waals surface area contributed by atoms with E-state index < -0.39 is 0 Å². The van der Waals surface area contributed by atoms with E-state index >= 15 is 0 Å². The fourth-order valence-corrected chi connectivity index (χ4v) is 4.26. The Hall–Kier alpha value is -2.72. The number of aryl methyl sites for hydroxylation is 2. The van der Waals surface area contributed by atoms with Crippen LogP contribution in [0.3, 0.4) is 0 Å². The first kappa shape index (κ1) is 22.0. The fourth-order valence-electron chi connectivity index (χ4n) is 2.77. The highest BCUT2D eigenvalue weighted by Gasteiger charge is 2.20. The average Bonchev–Trinajstić information content (AvgIpc) is 3.32. The molecule has 0 unspecified atom stereocenters. The van der Waals surface area contributed by atoms with Crippen molar-refractivity contribution in [3.05, 3.63) is 52.3 Å². The minimum atomic E-state index is -0.326. The van der Waals surface area contributed by atoms with Crippen molar-refractivity contribution < 1.29 is 9.59 Å². The number of rotatable bonds is 8. The van der Waals surface area contributed by atoms with E-state index in [0.29, 0.717) is 28.2 Å². The van der Waals surface area contributed by atoms with Crippen LogP contribution in [0.15, 0.2) is 35.6 Å². The molecule has 0 aliphatic heterocycles. The van der Waals surface area contributed by atoms with Crippen LogP contribution in [0.4, 0.5) is 5.13 Å². The number of thioether (sulfide) groups is 1. The molecule has 2 N–H and O–H groups in total. The van der Waals surface area contributed by atoms with Gasteiger partial charge in [-0.25, -0.2) is 4.98 Å². The summed E-state index contributed by atoms with van der Waals surface area (Å²) in [4.78, 5) is 29.9. The Morgan fingerprint density at radius 3 is 2.57 bits per heavy atom. The second kappa shape index (κ2) is 9.86. The van der Waals surface area contributed by atoms with Gasteiger partial charge in [0.1, 0.15) is 0 Å². The van der Waals surface area contributed by atoms with Crippen molar-refractivity contribution in [2.45, 2.75) is 45.4 Å². The number of nitrogens with zero attached hydrogens (tertiary/aromatic N) is 4. The van der Waals surface area contributed by atoms with Gasteiger partial charge in [-0.2, -0.15) is 0 Å². The van der Waals surface area contributed by atoms with E-state index in [1.807, 2.05) is 44.4 Å². The summed E-state index contributed by atoms with van der Waals surface area (Å²) < 4.78 is 1.91. The van der Waals surface area contributed by atoms with E-state index in [1.165, 1.54) is 23.1 Å². The zero-order valence-electron chi connectivity index (χ0n) is 17.3. The van der Waals surface area contributed by atoms with Crippen molar-refractivity contribution >= 4 is 40.0 Å². The van der Waals surface area contributed by atoms with E-state index in [4.69, 9.17) is 0 Å². The van der Waals surface area contributed by atoms with Gasteiger partial charge >= 0.3 is 0 Å². The van der Waals surface area contributed by atoms with Crippen LogP contribution in [0.5, 0.6) is 0 Å². The van der Waals surface area contributed by atoms with Crippen molar-refractivity contribution in [3.63, 3.8) is 0 Å². The van der Waals surface area contributed by atoms with Gasteiger partial charge in [0.25, 0.3) is 5.91 Å². The maximum Gasteiger partial charge on any atom is 0.251 e. The summed E-state index contributed by atoms with van der Waals surface area (Å²) in [5, 5.41) is 15.4. The Bertz CT molecular complexity index is 1030. The molecule has 0 fully saturated rings. The molecule has 0 saturated heterocycles. The first-order valence-electron chi connectivity index (χ1n) is 9.53. The molecule has 30 heavy (non-hydrogen) atoms. The lowest BCUT2D eigenvalue weighted by Gasteiger charge is -2.15. The number of carbonyl (C=O) groups is 2. The van der Waals surface area contributed by atoms with Gasteiger partial charge in [-0.1, -0.05) is 29.5 Å². The molecule has 0 aliphatic carbocycles. The van der Waals surface area contributed by atoms with Crippen molar-refractivity contribution in [3.8, 4) is 0 Å². The third kappa shape index (κ3) is 5.45. The van der Waals surface area contributed by atoms with Crippen molar-refractivity contribution in [1.29, 1.82) is 0 Å². The zero-order valence-corrected chi connectivity index (χ0v) is 18.9. The van der Waals surface area contributed by atoms with Gasteiger partial charge < -0.3 is 15.2 Å². The molecule has 2 aromatic heterocycles. The first-order chi connectivity index (χ1) is 14.4. The molecule has 0 bridgehead atoms. The van der Waals surface area contributed by atoms with Crippen LogP contribution >= 0.6 is 23.1 Å². The van der Waals surface area contributed by atoms with Gasteiger partial charge in [0.15, 0.2) is 16.1 Å². The smallest absolute Gasteiger partial charge is 0.251 e. The largest absolute Gasteiger partial charge is 0.342 e. The van der Waals surface area contributed by atoms with Crippen molar-refractivity contribution in [2.24, 2.45) is 0 Å². The highest BCUT2D eigenvalue weighted by atomic mass is 32.2. The quantitative estimate of drug-likeness (QED) is 0.515. The van der Waals surface area contributed by atoms with Crippen LogP contribution in [-0.4, -0.2) is 37.3 Å². The number of nitrogens with one attached hydrogen (secondary N) is 2. The Morgan fingerprint density at radius 1 is 1.20 bits per heavy atom. The molecule has 3 rings (SSSR count). The van der Waals surface area contributed by atoms with Crippen molar-refractivity contribution in [1.82, 2.24) is 25.1 Å². The number of aromatic nitrogens is 4. The summed E-state index contributed by atoms with van der Waals surface area (Å²) in [6.07, 6.45) is 1.72.